The van der Waals surface area contributed by atoms with Gasteiger partial charge >= 0.3 is 0 Å². The normalized spacial score (nSPS) is 10.4. The Morgan fingerprint density at radius 1 is 1.36 bits per heavy atom. The van der Waals surface area contributed by atoms with Crippen LogP contribution in [-0.2, 0) is 0 Å². The molecule has 0 spiro atoms. The molecule has 0 atom stereocenters. The minimum Gasteiger partial charge on any atom is -0.504 e. The Balaban J connectivity index is 2.73. The van der Waals surface area contributed by atoms with E-state index in [-0.39, 0.29) is 5.75 Å². The largest absolute Gasteiger partial charge is 0.504 e. The van der Waals surface area contributed by atoms with Gasteiger partial charge in [0.05, 0.1) is 24.3 Å². The summed E-state index contributed by atoms with van der Waals surface area (Å²) in [7, 11) is 1.48. The monoisotopic (exact) mass is 210 g/mol. The first-order chi connectivity index (χ1) is 6.70. The van der Waals surface area contributed by atoms with E-state index < -0.39 is 0 Å². The fraction of sp³-hybridized carbons (Fsp3) is 0.111. The van der Waals surface area contributed by atoms with E-state index in [1.54, 1.807) is 6.07 Å². The number of phenolic OH excluding ortho intramolecular Hbond substituents is 1. The maximum atomic E-state index is 9.46. The molecule has 5 heteroatoms. The quantitative estimate of drug-likeness (QED) is 0.782. The van der Waals surface area contributed by atoms with Crippen molar-refractivity contribution in [3.05, 3.63) is 23.5 Å². The predicted octanol–water partition coefficient (Wildman–Crippen LogP) is 2.00. The first-order valence-corrected chi connectivity index (χ1v) is 4.28. The molecule has 0 fully saturated rings. The van der Waals surface area contributed by atoms with Gasteiger partial charge in [0.15, 0.2) is 11.5 Å². The average molecular weight is 211 g/mol. The number of aromatic hydroxyl groups is 1. The molecule has 0 amide bonds. The third kappa shape index (κ3) is 1.44. The highest BCUT2D eigenvalue weighted by Crippen LogP contribution is 2.29. The van der Waals surface area contributed by atoms with Crippen molar-refractivity contribution in [2.75, 3.05) is 7.11 Å². The summed E-state index contributed by atoms with van der Waals surface area (Å²) in [4.78, 5) is 8.04. The molecule has 0 saturated carbocycles. The van der Waals surface area contributed by atoms with Crippen LogP contribution >= 0.6 is 11.6 Å². The Morgan fingerprint density at radius 2 is 2.14 bits per heavy atom. The smallest absolute Gasteiger partial charge is 0.162 e. The van der Waals surface area contributed by atoms with Crippen LogP contribution in [-0.4, -0.2) is 22.2 Å². The molecule has 4 nitrogen and oxygen atoms in total. The zero-order valence-corrected chi connectivity index (χ0v) is 8.12. The summed E-state index contributed by atoms with van der Waals surface area (Å²) in [6.07, 6.45) is 1.44. The Morgan fingerprint density at radius 3 is 2.86 bits per heavy atom. The maximum Gasteiger partial charge on any atom is 0.162 e. The van der Waals surface area contributed by atoms with Crippen molar-refractivity contribution in [3.8, 4) is 11.5 Å². The number of methoxy groups -OCH3 is 1. The number of halogens is 1. The van der Waals surface area contributed by atoms with Crippen molar-refractivity contribution in [3.63, 3.8) is 0 Å². The van der Waals surface area contributed by atoms with Crippen molar-refractivity contribution in [2.24, 2.45) is 0 Å². The lowest BCUT2D eigenvalue weighted by Crippen LogP contribution is -1.88. The van der Waals surface area contributed by atoms with E-state index >= 15 is 0 Å². The molecule has 14 heavy (non-hydrogen) atoms. The first kappa shape index (κ1) is 9.02. The molecule has 2 aromatic rings. The zero-order valence-electron chi connectivity index (χ0n) is 7.36. The molecule has 0 unspecified atom stereocenters. The molecule has 72 valence electrons. The van der Waals surface area contributed by atoms with E-state index in [2.05, 4.69) is 9.97 Å². The highest BCUT2D eigenvalue weighted by molar-refractivity contribution is 6.29. The number of rotatable bonds is 1. The van der Waals surface area contributed by atoms with Crippen LogP contribution in [0.1, 0.15) is 0 Å². The standard InChI is InChI=1S/C9H7ClN2O2/c1-14-8-3-5-6(2-7(8)13)12-9(10)4-11-5/h2-4,13H,1H3. The van der Waals surface area contributed by atoms with Crippen LogP contribution in [0.4, 0.5) is 0 Å². The fourth-order valence-electron chi connectivity index (χ4n) is 1.17. The second kappa shape index (κ2) is 3.31. The molecule has 0 radical (unpaired) electrons. The summed E-state index contributed by atoms with van der Waals surface area (Å²) >= 11 is 5.66. The summed E-state index contributed by atoms with van der Waals surface area (Å²) in [6, 6.07) is 3.07. The van der Waals surface area contributed by atoms with Crippen molar-refractivity contribution in [1.29, 1.82) is 0 Å². The fourth-order valence-corrected chi connectivity index (χ4v) is 1.31. The number of hydrogen-bond acceptors (Lipinski definition) is 4. The SMILES string of the molecule is COc1cc2ncc(Cl)nc2cc1O. The van der Waals surface area contributed by atoms with Gasteiger partial charge in [-0.3, -0.25) is 4.98 Å². The molecule has 1 aromatic carbocycles. The number of phenols is 1. The van der Waals surface area contributed by atoms with E-state index in [1.165, 1.54) is 19.4 Å². The first-order valence-electron chi connectivity index (χ1n) is 3.90. The zero-order chi connectivity index (χ0) is 10.1. The lowest BCUT2D eigenvalue weighted by atomic mass is 10.2. The van der Waals surface area contributed by atoms with Gasteiger partial charge in [-0.05, 0) is 0 Å². The van der Waals surface area contributed by atoms with E-state index in [0.29, 0.717) is 21.9 Å². The third-order valence-corrected chi connectivity index (χ3v) is 2.00. The van der Waals surface area contributed by atoms with Gasteiger partial charge in [-0.25, -0.2) is 4.98 Å². The number of hydrogen-bond donors (Lipinski definition) is 1. The summed E-state index contributed by atoms with van der Waals surface area (Å²) in [5.41, 5.74) is 1.17. The van der Waals surface area contributed by atoms with Crippen LogP contribution in [0.2, 0.25) is 5.15 Å². The van der Waals surface area contributed by atoms with E-state index in [0.717, 1.165) is 0 Å². The van der Waals surface area contributed by atoms with E-state index in [4.69, 9.17) is 16.3 Å². The van der Waals surface area contributed by atoms with Gasteiger partial charge in [0, 0.05) is 12.1 Å². The van der Waals surface area contributed by atoms with E-state index in [9.17, 15) is 5.11 Å². The molecule has 0 aliphatic heterocycles. The van der Waals surface area contributed by atoms with Crippen LogP contribution in [0.3, 0.4) is 0 Å². The highest BCUT2D eigenvalue weighted by Gasteiger charge is 2.05. The summed E-state index contributed by atoms with van der Waals surface area (Å²) in [5, 5.41) is 9.76. The minimum atomic E-state index is 0.0246. The molecule has 0 aliphatic carbocycles. The van der Waals surface area contributed by atoms with Crippen molar-refractivity contribution < 1.29 is 9.84 Å². The Kier molecular flexibility index (Phi) is 2.13. The molecule has 0 bridgehead atoms. The topological polar surface area (TPSA) is 55.2 Å². The Hall–Kier alpha value is -1.55. The molecule has 0 saturated heterocycles. The van der Waals surface area contributed by atoms with Crippen LogP contribution < -0.4 is 4.74 Å². The molecule has 0 aliphatic rings. The third-order valence-electron chi connectivity index (χ3n) is 1.81. The van der Waals surface area contributed by atoms with Gasteiger partial charge in [-0.15, -0.1) is 0 Å². The minimum absolute atomic E-state index is 0.0246. The number of nitrogens with zero attached hydrogens (tertiary/aromatic N) is 2. The highest BCUT2D eigenvalue weighted by atomic mass is 35.5. The van der Waals surface area contributed by atoms with Crippen LogP contribution in [0.15, 0.2) is 18.3 Å². The average Bonchev–Trinajstić information content (AvgIpc) is 2.16. The molecular formula is C9H7ClN2O2. The Bertz CT molecular complexity index is 487. The second-order valence-electron chi connectivity index (χ2n) is 2.71. The predicted molar refractivity (Wildman–Crippen MR) is 52.8 cm³/mol. The molecule has 1 N–H and O–H groups in total. The maximum absolute atomic E-state index is 9.46. The van der Waals surface area contributed by atoms with Gasteiger partial charge in [0.25, 0.3) is 0 Å². The lowest BCUT2D eigenvalue weighted by Gasteiger charge is -2.04. The summed E-state index contributed by atoms with van der Waals surface area (Å²) < 4.78 is 4.93. The molecule has 1 heterocycles. The number of fused-ring (bicyclic) bond motifs is 1. The van der Waals surface area contributed by atoms with Gasteiger partial charge in [0.1, 0.15) is 5.15 Å². The molecule has 1 aromatic heterocycles. The van der Waals surface area contributed by atoms with Crippen LogP contribution in [0, 0.1) is 0 Å². The second-order valence-corrected chi connectivity index (χ2v) is 3.09. The van der Waals surface area contributed by atoms with Crippen molar-refractivity contribution >= 4 is 22.6 Å². The lowest BCUT2D eigenvalue weighted by molar-refractivity contribution is 0.374. The Labute approximate surface area is 85.1 Å². The van der Waals surface area contributed by atoms with Crippen molar-refractivity contribution in [1.82, 2.24) is 9.97 Å². The van der Waals surface area contributed by atoms with Gasteiger partial charge in [-0.2, -0.15) is 0 Å². The van der Waals surface area contributed by atoms with Gasteiger partial charge in [-0.1, -0.05) is 11.6 Å². The van der Waals surface area contributed by atoms with E-state index in [1.807, 2.05) is 0 Å². The molecule has 2 rings (SSSR count). The summed E-state index contributed by atoms with van der Waals surface area (Å²) in [6.45, 7) is 0. The van der Waals surface area contributed by atoms with Crippen LogP contribution in [0.5, 0.6) is 11.5 Å². The summed E-state index contributed by atoms with van der Waals surface area (Å²) in [5.74, 6) is 0.394. The van der Waals surface area contributed by atoms with Gasteiger partial charge < -0.3 is 9.84 Å². The van der Waals surface area contributed by atoms with Crippen molar-refractivity contribution in [2.45, 2.75) is 0 Å². The molecular weight excluding hydrogens is 204 g/mol. The number of benzene rings is 1. The number of aromatic nitrogens is 2. The van der Waals surface area contributed by atoms with Gasteiger partial charge in [0.2, 0.25) is 0 Å². The number of ether oxygens (including phenoxy) is 1. The van der Waals surface area contributed by atoms with Crippen LogP contribution in [0.25, 0.3) is 11.0 Å².